The average Bonchev–Trinajstić information content (AvgIpc) is 3.84. The van der Waals surface area contributed by atoms with Crippen LogP contribution >= 0.6 is 0 Å². The molecule has 8 aromatic carbocycles. The molecule has 10 aromatic rings. The summed E-state index contributed by atoms with van der Waals surface area (Å²) < 4.78 is 12.7. The molecule has 250 valence electrons. The van der Waals surface area contributed by atoms with Gasteiger partial charge in [-0.05, 0) is 106 Å². The highest BCUT2D eigenvalue weighted by atomic mass is 16.4. The number of fused-ring (bicyclic) bond motifs is 5. The maximum Gasteiger partial charge on any atom is 0.227 e. The summed E-state index contributed by atoms with van der Waals surface area (Å²) in [5, 5.41) is 1.95. The highest BCUT2D eigenvalue weighted by Crippen LogP contribution is 2.40. The summed E-state index contributed by atoms with van der Waals surface area (Å²) in [6.07, 6.45) is 0. The summed E-state index contributed by atoms with van der Waals surface area (Å²) in [7, 11) is 0. The largest absolute Gasteiger partial charge is 0.456 e. The summed E-state index contributed by atoms with van der Waals surface area (Å²) in [4.78, 5) is 7.08. The Morgan fingerprint density at radius 1 is 0.358 bits per heavy atom. The van der Waals surface area contributed by atoms with Gasteiger partial charge in [-0.3, -0.25) is 0 Å². The van der Waals surface area contributed by atoms with E-state index in [2.05, 4.69) is 144 Å². The van der Waals surface area contributed by atoms with Gasteiger partial charge in [0.15, 0.2) is 5.58 Å². The van der Waals surface area contributed by atoms with Crippen LogP contribution in [0.5, 0.6) is 0 Å². The zero-order valence-electron chi connectivity index (χ0n) is 28.7. The van der Waals surface area contributed by atoms with Gasteiger partial charge < -0.3 is 13.7 Å². The second kappa shape index (κ2) is 12.9. The third-order valence-electron chi connectivity index (χ3n) is 9.94. The van der Waals surface area contributed by atoms with Gasteiger partial charge in [-0.15, -0.1) is 0 Å². The van der Waals surface area contributed by atoms with Gasteiger partial charge in [-0.2, -0.15) is 0 Å². The second-order valence-electron chi connectivity index (χ2n) is 13.2. The molecule has 4 nitrogen and oxygen atoms in total. The highest BCUT2D eigenvalue weighted by molar-refractivity contribution is 6.16. The van der Waals surface area contributed by atoms with E-state index in [-0.39, 0.29) is 0 Å². The molecule has 0 saturated heterocycles. The Morgan fingerprint density at radius 2 is 0.811 bits per heavy atom. The van der Waals surface area contributed by atoms with Crippen LogP contribution in [0.15, 0.2) is 203 Å². The van der Waals surface area contributed by atoms with Crippen molar-refractivity contribution in [3.8, 4) is 44.8 Å². The van der Waals surface area contributed by atoms with Gasteiger partial charge in [0.25, 0.3) is 0 Å². The lowest BCUT2D eigenvalue weighted by molar-refractivity contribution is 0.622. The molecule has 2 heterocycles. The third kappa shape index (κ3) is 5.63. The normalized spacial score (nSPS) is 11.4. The van der Waals surface area contributed by atoms with Crippen LogP contribution in [-0.4, -0.2) is 4.98 Å². The number of anilines is 3. The second-order valence-corrected chi connectivity index (χ2v) is 13.2. The fourth-order valence-corrected chi connectivity index (χ4v) is 7.25. The first-order valence-electron chi connectivity index (χ1n) is 17.8. The van der Waals surface area contributed by atoms with Crippen LogP contribution in [0, 0.1) is 0 Å². The van der Waals surface area contributed by atoms with E-state index in [1.54, 1.807) is 0 Å². The van der Waals surface area contributed by atoms with Crippen LogP contribution in [0.3, 0.4) is 0 Å². The van der Waals surface area contributed by atoms with E-state index < -0.39 is 0 Å². The molecule has 0 unspecified atom stereocenters. The molecule has 0 spiro atoms. The molecule has 0 amide bonds. The van der Waals surface area contributed by atoms with E-state index in [1.807, 2.05) is 54.6 Å². The number of furan rings is 1. The summed E-state index contributed by atoms with van der Waals surface area (Å²) in [5.41, 5.74) is 14.3. The van der Waals surface area contributed by atoms with Crippen molar-refractivity contribution in [1.29, 1.82) is 0 Å². The zero-order valence-corrected chi connectivity index (χ0v) is 28.7. The minimum atomic E-state index is 0.604. The van der Waals surface area contributed by atoms with Gasteiger partial charge >= 0.3 is 0 Å². The van der Waals surface area contributed by atoms with Gasteiger partial charge in [-0.25, -0.2) is 4.98 Å². The predicted octanol–water partition coefficient (Wildman–Crippen LogP) is 13.9. The fraction of sp³-hybridized carbons (Fsp3) is 0. The van der Waals surface area contributed by atoms with Crippen LogP contribution in [0.1, 0.15) is 0 Å². The molecule has 0 aliphatic heterocycles. The van der Waals surface area contributed by atoms with Gasteiger partial charge in [0.05, 0.1) is 5.39 Å². The van der Waals surface area contributed by atoms with Gasteiger partial charge in [0.2, 0.25) is 5.89 Å². The Balaban J connectivity index is 1.00. The topological polar surface area (TPSA) is 42.4 Å². The third-order valence-corrected chi connectivity index (χ3v) is 9.94. The van der Waals surface area contributed by atoms with Crippen molar-refractivity contribution in [3.05, 3.63) is 194 Å². The van der Waals surface area contributed by atoms with Crippen molar-refractivity contribution >= 4 is 50.1 Å². The maximum atomic E-state index is 6.40. The van der Waals surface area contributed by atoms with Crippen molar-refractivity contribution in [3.63, 3.8) is 0 Å². The lowest BCUT2D eigenvalue weighted by Crippen LogP contribution is -2.09. The predicted molar refractivity (Wildman–Crippen MR) is 218 cm³/mol. The number of hydrogen-bond acceptors (Lipinski definition) is 4. The van der Waals surface area contributed by atoms with E-state index in [9.17, 15) is 0 Å². The van der Waals surface area contributed by atoms with Crippen LogP contribution in [0.25, 0.3) is 77.9 Å². The summed E-state index contributed by atoms with van der Waals surface area (Å²) in [6.45, 7) is 0. The monoisotopic (exact) mass is 680 g/mol. The van der Waals surface area contributed by atoms with E-state index in [1.165, 1.54) is 22.3 Å². The van der Waals surface area contributed by atoms with Gasteiger partial charge in [-0.1, -0.05) is 121 Å². The first-order valence-corrected chi connectivity index (χ1v) is 17.8. The van der Waals surface area contributed by atoms with Gasteiger partial charge in [0.1, 0.15) is 16.7 Å². The molecule has 0 fully saturated rings. The molecule has 0 N–H and O–H groups in total. The number of rotatable bonds is 7. The van der Waals surface area contributed by atoms with Crippen LogP contribution in [0.2, 0.25) is 0 Å². The first kappa shape index (κ1) is 30.6. The molecule has 0 atom stereocenters. The molecule has 0 aliphatic carbocycles. The number of oxazole rings is 1. The molecule has 4 heteroatoms. The molecular weight excluding hydrogens is 649 g/mol. The van der Waals surface area contributed by atoms with E-state index >= 15 is 0 Å². The average molecular weight is 681 g/mol. The summed E-state index contributed by atoms with van der Waals surface area (Å²) >= 11 is 0. The quantitative estimate of drug-likeness (QED) is 0.168. The van der Waals surface area contributed by atoms with E-state index in [0.29, 0.717) is 5.89 Å². The highest BCUT2D eigenvalue weighted by Gasteiger charge is 2.18. The Morgan fingerprint density at radius 3 is 1.34 bits per heavy atom. The SMILES string of the molecule is c1ccc(-c2ccc(N(c3ccc(-c4ccccc4)cc3)c3ccc(-c4ccc5c(c4)oc4ccc6nc(-c7ccccc7)oc6c45)cc3)cc2)cc1. The Labute approximate surface area is 306 Å². The minimum absolute atomic E-state index is 0.604. The maximum absolute atomic E-state index is 6.40. The van der Waals surface area contributed by atoms with Crippen molar-refractivity contribution in [2.45, 2.75) is 0 Å². The number of benzene rings is 8. The van der Waals surface area contributed by atoms with Crippen molar-refractivity contribution in [1.82, 2.24) is 4.98 Å². The lowest BCUT2D eigenvalue weighted by atomic mass is 10.0. The Hall–Kier alpha value is -7.17. The molecule has 0 bridgehead atoms. The molecule has 53 heavy (non-hydrogen) atoms. The first-order chi connectivity index (χ1) is 26.2. The number of aromatic nitrogens is 1. The summed E-state index contributed by atoms with van der Waals surface area (Å²) in [5.74, 6) is 0.604. The fourth-order valence-electron chi connectivity index (χ4n) is 7.25. The van der Waals surface area contributed by atoms with Gasteiger partial charge in [0, 0.05) is 28.0 Å². The van der Waals surface area contributed by atoms with E-state index in [4.69, 9.17) is 13.8 Å². The molecular formula is C49H32N2O2. The van der Waals surface area contributed by atoms with Crippen LogP contribution in [-0.2, 0) is 0 Å². The smallest absolute Gasteiger partial charge is 0.227 e. The van der Waals surface area contributed by atoms with Crippen molar-refractivity contribution in [2.24, 2.45) is 0 Å². The van der Waals surface area contributed by atoms with Crippen molar-refractivity contribution in [2.75, 3.05) is 4.90 Å². The van der Waals surface area contributed by atoms with Crippen LogP contribution < -0.4 is 4.90 Å². The van der Waals surface area contributed by atoms with Crippen molar-refractivity contribution < 1.29 is 8.83 Å². The zero-order chi connectivity index (χ0) is 35.1. The molecule has 2 aromatic heterocycles. The number of nitrogens with zero attached hydrogens (tertiary/aromatic N) is 2. The minimum Gasteiger partial charge on any atom is -0.456 e. The molecule has 0 aliphatic rings. The summed E-state index contributed by atoms with van der Waals surface area (Å²) in [6, 6.07) is 67.7. The Bertz CT molecular complexity index is 2760. The number of hydrogen-bond donors (Lipinski definition) is 0. The lowest BCUT2D eigenvalue weighted by Gasteiger charge is -2.26. The molecule has 0 saturated carbocycles. The Kier molecular flexibility index (Phi) is 7.43. The molecule has 0 radical (unpaired) electrons. The standard InChI is InChI=1S/C49H32N2O2/c1-4-10-33(11-5-1)35-16-23-40(24-17-35)51(41-25-18-36(19-26-41)34-12-6-2-7-13-34)42-27-20-37(21-28-42)39-22-29-43-46(32-39)52-45-31-30-44-48(47(43)45)53-49(50-44)38-14-8-3-9-15-38/h1-32H. The van der Waals surface area contributed by atoms with E-state index in [0.717, 1.165) is 66.8 Å². The molecule has 10 rings (SSSR count). The van der Waals surface area contributed by atoms with Crippen LogP contribution in [0.4, 0.5) is 17.1 Å².